The zero-order chi connectivity index (χ0) is 14.7. The molecule has 1 heterocycles. The molecule has 0 saturated heterocycles. The van der Waals surface area contributed by atoms with Crippen molar-refractivity contribution in [1.29, 1.82) is 0 Å². The predicted molar refractivity (Wildman–Crippen MR) is 89.7 cm³/mol. The van der Waals surface area contributed by atoms with Crippen molar-refractivity contribution >= 4 is 32.9 Å². The van der Waals surface area contributed by atoms with Crippen LogP contribution < -0.4 is 5.73 Å². The van der Waals surface area contributed by atoms with Crippen LogP contribution in [0.5, 0.6) is 0 Å². The molecule has 0 bridgehead atoms. The molecule has 1 aromatic heterocycles. The number of nitrogen functional groups attached to an aromatic ring is 1. The molecule has 0 aliphatic rings. The number of thiophene rings is 1. The van der Waals surface area contributed by atoms with E-state index in [0.717, 1.165) is 23.2 Å². The lowest BCUT2D eigenvalue weighted by Gasteiger charge is -2.02. The van der Waals surface area contributed by atoms with Gasteiger partial charge in [0.25, 0.3) is 0 Å². The maximum atomic E-state index is 12.2. The largest absolute Gasteiger partial charge is 0.399 e. The Labute approximate surface area is 128 Å². The molecule has 0 saturated carbocycles. The lowest BCUT2D eigenvalue weighted by Crippen LogP contribution is -2.04. The average Bonchev–Trinajstić information content (AvgIpc) is 2.90. The maximum absolute atomic E-state index is 12.2. The van der Waals surface area contributed by atoms with Crippen molar-refractivity contribution in [3.8, 4) is 0 Å². The van der Waals surface area contributed by atoms with Crippen molar-refractivity contribution < 1.29 is 4.79 Å². The van der Waals surface area contributed by atoms with Crippen LogP contribution in [0.15, 0.2) is 53.9 Å². The Morgan fingerprint density at radius 3 is 2.62 bits per heavy atom. The van der Waals surface area contributed by atoms with Gasteiger partial charge in [0.1, 0.15) is 5.78 Å². The van der Waals surface area contributed by atoms with Crippen molar-refractivity contribution in [2.24, 2.45) is 0 Å². The molecule has 0 fully saturated rings. The van der Waals surface area contributed by atoms with E-state index in [0.29, 0.717) is 12.8 Å². The third kappa shape index (κ3) is 3.31. The molecule has 2 nitrogen and oxygen atoms in total. The normalized spacial score (nSPS) is 10.9. The lowest BCUT2D eigenvalue weighted by atomic mass is 10.0. The zero-order valence-electron chi connectivity index (χ0n) is 11.7. The summed E-state index contributed by atoms with van der Waals surface area (Å²) < 4.78 is 1.25. The SMILES string of the molecule is Nc1ccc(CCC(=O)Cc2csc3ccccc23)cc1. The van der Waals surface area contributed by atoms with Crippen LogP contribution in [0.2, 0.25) is 0 Å². The predicted octanol–water partition coefficient (Wildman–Crippen LogP) is 4.23. The van der Waals surface area contributed by atoms with E-state index in [4.69, 9.17) is 5.73 Å². The standard InChI is InChI=1S/C18H17NOS/c19-15-8-5-13(6-9-15)7-10-16(20)11-14-12-21-18-4-2-1-3-17(14)18/h1-6,8-9,12H,7,10-11,19H2. The molecule has 0 aliphatic heterocycles. The number of carbonyl (C=O) groups is 1. The topological polar surface area (TPSA) is 43.1 Å². The van der Waals surface area contributed by atoms with Gasteiger partial charge in [-0.15, -0.1) is 11.3 Å². The first kappa shape index (κ1) is 13.8. The number of aryl methyl sites for hydroxylation is 1. The molecule has 0 radical (unpaired) electrons. The first-order valence-corrected chi connectivity index (χ1v) is 7.91. The van der Waals surface area contributed by atoms with E-state index < -0.39 is 0 Å². The second-order valence-electron chi connectivity index (χ2n) is 5.21. The number of carbonyl (C=O) groups excluding carboxylic acids is 1. The summed E-state index contributed by atoms with van der Waals surface area (Å²) in [5.41, 5.74) is 8.73. The van der Waals surface area contributed by atoms with Gasteiger partial charge in [0.15, 0.2) is 0 Å². The summed E-state index contributed by atoms with van der Waals surface area (Å²) in [6, 6.07) is 16.0. The summed E-state index contributed by atoms with van der Waals surface area (Å²) >= 11 is 1.71. The Kier molecular flexibility index (Phi) is 4.02. The molecular formula is C18H17NOS. The molecule has 3 aromatic rings. The fourth-order valence-electron chi connectivity index (χ4n) is 2.44. The number of rotatable bonds is 5. The van der Waals surface area contributed by atoms with Crippen molar-refractivity contribution in [3.63, 3.8) is 0 Å². The molecule has 3 rings (SSSR count). The van der Waals surface area contributed by atoms with Gasteiger partial charge >= 0.3 is 0 Å². The van der Waals surface area contributed by atoms with Gasteiger partial charge in [0.05, 0.1) is 0 Å². The highest BCUT2D eigenvalue weighted by atomic mass is 32.1. The van der Waals surface area contributed by atoms with Crippen LogP contribution >= 0.6 is 11.3 Å². The third-order valence-electron chi connectivity index (χ3n) is 3.62. The minimum absolute atomic E-state index is 0.287. The number of nitrogens with two attached hydrogens (primary N) is 1. The molecule has 21 heavy (non-hydrogen) atoms. The van der Waals surface area contributed by atoms with Gasteiger partial charge in [0.2, 0.25) is 0 Å². The summed E-state index contributed by atoms with van der Waals surface area (Å²) in [4.78, 5) is 12.2. The van der Waals surface area contributed by atoms with Crippen molar-refractivity contribution in [1.82, 2.24) is 0 Å². The van der Waals surface area contributed by atoms with Crippen LogP contribution in [-0.4, -0.2) is 5.78 Å². The number of hydrogen-bond acceptors (Lipinski definition) is 3. The van der Waals surface area contributed by atoms with Gasteiger partial charge in [-0.05, 0) is 46.5 Å². The molecule has 0 aliphatic carbocycles. The Morgan fingerprint density at radius 1 is 1.05 bits per heavy atom. The van der Waals surface area contributed by atoms with Gasteiger partial charge in [-0.2, -0.15) is 0 Å². The van der Waals surface area contributed by atoms with Crippen LogP contribution in [0.1, 0.15) is 17.5 Å². The lowest BCUT2D eigenvalue weighted by molar-refractivity contribution is -0.118. The minimum atomic E-state index is 0.287. The highest BCUT2D eigenvalue weighted by molar-refractivity contribution is 7.17. The number of anilines is 1. The molecule has 0 amide bonds. The van der Waals surface area contributed by atoms with Crippen molar-refractivity contribution in [2.45, 2.75) is 19.3 Å². The van der Waals surface area contributed by atoms with E-state index >= 15 is 0 Å². The van der Waals surface area contributed by atoms with Crippen LogP contribution in [-0.2, 0) is 17.6 Å². The summed E-state index contributed by atoms with van der Waals surface area (Å²) in [5.74, 6) is 0.287. The molecule has 2 N–H and O–H groups in total. The first-order chi connectivity index (χ1) is 10.2. The van der Waals surface area contributed by atoms with Crippen LogP contribution in [0, 0.1) is 0 Å². The van der Waals surface area contributed by atoms with E-state index in [1.807, 2.05) is 36.4 Å². The summed E-state index contributed by atoms with van der Waals surface area (Å²) in [6.07, 6.45) is 1.88. The Hall–Kier alpha value is -2.13. The monoisotopic (exact) mass is 295 g/mol. The van der Waals surface area contributed by atoms with Gasteiger partial charge in [-0.1, -0.05) is 30.3 Å². The van der Waals surface area contributed by atoms with Crippen LogP contribution in [0.4, 0.5) is 5.69 Å². The maximum Gasteiger partial charge on any atom is 0.137 e. The quantitative estimate of drug-likeness (QED) is 0.716. The Morgan fingerprint density at radius 2 is 1.81 bits per heavy atom. The smallest absolute Gasteiger partial charge is 0.137 e. The zero-order valence-corrected chi connectivity index (χ0v) is 12.5. The van der Waals surface area contributed by atoms with Gasteiger partial charge in [0, 0.05) is 23.2 Å². The second kappa shape index (κ2) is 6.10. The molecule has 2 aromatic carbocycles. The molecule has 0 unspecified atom stereocenters. The van der Waals surface area contributed by atoms with E-state index in [2.05, 4.69) is 17.5 Å². The van der Waals surface area contributed by atoms with Crippen molar-refractivity contribution in [2.75, 3.05) is 5.73 Å². The fourth-order valence-corrected chi connectivity index (χ4v) is 3.40. The number of Topliss-reactive ketones (excluding diaryl/α,β-unsaturated/α-hetero) is 1. The molecule has 106 valence electrons. The second-order valence-corrected chi connectivity index (χ2v) is 6.13. The first-order valence-electron chi connectivity index (χ1n) is 7.03. The molecule has 0 atom stereocenters. The minimum Gasteiger partial charge on any atom is -0.399 e. The van der Waals surface area contributed by atoms with E-state index in [9.17, 15) is 4.79 Å². The van der Waals surface area contributed by atoms with Crippen LogP contribution in [0.25, 0.3) is 10.1 Å². The number of fused-ring (bicyclic) bond motifs is 1. The number of hydrogen-bond donors (Lipinski definition) is 1. The fraction of sp³-hybridized carbons (Fsp3) is 0.167. The molecule has 0 spiro atoms. The molecule has 3 heteroatoms. The average molecular weight is 295 g/mol. The highest BCUT2D eigenvalue weighted by Gasteiger charge is 2.09. The number of benzene rings is 2. The number of ketones is 1. The van der Waals surface area contributed by atoms with Gasteiger partial charge in [-0.3, -0.25) is 4.79 Å². The van der Waals surface area contributed by atoms with E-state index in [1.165, 1.54) is 10.1 Å². The Bertz CT molecular complexity index is 758. The van der Waals surface area contributed by atoms with E-state index in [-0.39, 0.29) is 5.78 Å². The highest BCUT2D eigenvalue weighted by Crippen LogP contribution is 2.26. The third-order valence-corrected chi connectivity index (χ3v) is 4.63. The van der Waals surface area contributed by atoms with Crippen LogP contribution in [0.3, 0.4) is 0 Å². The van der Waals surface area contributed by atoms with Crippen molar-refractivity contribution in [3.05, 3.63) is 65.0 Å². The summed E-state index contributed by atoms with van der Waals surface area (Å²) in [5, 5.41) is 3.31. The summed E-state index contributed by atoms with van der Waals surface area (Å²) in [6.45, 7) is 0. The molecular weight excluding hydrogens is 278 g/mol. The Balaban J connectivity index is 1.62. The van der Waals surface area contributed by atoms with Gasteiger partial charge in [-0.25, -0.2) is 0 Å². The van der Waals surface area contributed by atoms with E-state index in [1.54, 1.807) is 11.3 Å². The van der Waals surface area contributed by atoms with Gasteiger partial charge < -0.3 is 5.73 Å². The summed E-state index contributed by atoms with van der Waals surface area (Å²) in [7, 11) is 0.